The van der Waals surface area contributed by atoms with Crippen LogP contribution in [0.3, 0.4) is 0 Å². The molecule has 0 aliphatic carbocycles. The van der Waals surface area contributed by atoms with Crippen LogP contribution in [0.2, 0.25) is 5.02 Å². The van der Waals surface area contributed by atoms with E-state index in [-0.39, 0.29) is 12.3 Å². The summed E-state index contributed by atoms with van der Waals surface area (Å²) in [6, 6.07) is 8.07. The normalized spacial score (nSPS) is 15.6. The highest BCUT2D eigenvalue weighted by Crippen LogP contribution is 2.30. The van der Waals surface area contributed by atoms with E-state index in [4.69, 9.17) is 21.1 Å². The molecule has 8 heteroatoms. The lowest BCUT2D eigenvalue weighted by Crippen LogP contribution is -2.32. The number of hydrogen-bond acceptors (Lipinski definition) is 4. The van der Waals surface area contributed by atoms with Gasteiger partial charge in [0.15, 0.2) is 18.2 Å². The van der Waals surface area contributed by atoms with E-state index >= 15 is 0 Å². The summed E-state index contributed by atoms with van der Waals surface area (Å²) < 4.78 is 36.4. The maximum absolute atomic E-state index is 13.1. The number of hydrogen-bond donors (Lipinski definition) is 1. The molecular weight excluding hydrogens is 368 g/mol. The average Bonchev–Trinajstić information content (AvgIpc) is 2.62. The maximum Gasteiger partial charge on any atom is 0.313 e. The Labute approximate surface area is 152 Å². The number of anilines is 1. The van der Waals surface area contributed by atoms with Gasteiger partial charge < -0.3 is 14.8 Å². The molecule has 0 saturated carbocycles. The van der Waals surface area contributed by atoms with Crippen molar-refractivity contribution < 1.29 is 27.8 Å². The van der Waals surface area contributed by atoms with Gasteiger partial charge in [-0.05, 0) is 42.3 Å². The Balaban J connectivity index is 1.52. The summed E-state index contributed by atoms with van der Waals surface area (Å²) in [5, 5.41) is 2.85. The molecule has 1 unspecified atom stereocenters. The second-order valence-corrected chi connectivity index (χ2v) is 6.19. The number of carbonyl (C=O) groups is 2. The van der Waals surface area contributed by atoms with Crippen LogP contribution in [0.25, 0.3) is 0 Å². The van der Waals surface area contributed by atoms with E-state index < -0.39 is 36.0 Å². The highest BCUT2D eigenvalue weighted by molar-refractivity contribution is 6.30. The van der Waals surface area contributed by atoms with Gasteiger partial charge in [0.1, 0.15) is 12.4 Å². The van der Waals surface area contributed by atoms with Crippen molar-refractivity contribution in [1.29, 1.82) is 0 Å². The highest BCUT2D eigenvalue weighted by atomic mass is 35.5. The summed E-state index contributed by atoms with van der Waals surface area (Å²) in [6.07, 6.45) is 0.388. The first kappa shape index (κ1) is 18.1. The van der Waals surface area contributed by atoms with Crippen LogP contribution in [0.5, 0.6) is 5.75 Å². The predicted molar refractivity (Wildman–Crippen MR) is 90.1 cm³/mol. The molecule has 0 radical (unpaired) electrons. The zero-order valence-corrected chi connectivity index (χ0v) is 14.2. The van der Waals surface area contributed by atoms with Crippen LogP contribution in [-0.2, 0) is 20.7 Å². The molecule has 1 aliphatic heterocycles. The third-order valence-corrected chi connectivity index (χ3v) is 4.05. The molecular formula is C18H14ClF2NO4. The van der Waals surface area contributed by atoms with E-state index in [1.807, 2.05) is 0 Å². The Hall–Kier alpha value is -2.67. The number of fused-ring (bicyclic) bond motifs is 1. The molecule has 0 fully saturated rings. The number of amides is 1. The number of carbonyl (C=O) groups excluding carboxylic acids is 2. The van der Waals surface area contributed by atoms with Crippen molar-refractivity contribution in [3.05, 3.63) is 58.6 Å². The summed E-state index contributed by atoms with van der Waals surface area (Å²) in [6.45, 7) is -0.408. The SMILES string of the molecule is O=C(COC(=O)C1COc2ccc(Cl)cc2C1)Nc1ccc(F)c(F)c1. The molecule has 26 heavy (non-hydrogen) atoms. The van der Waals surface area contributed by atoms with Gasteiger partial charge in [0.2, 0.25) is 0 Å². The molecule has 1 heterocycles. The number of halogens is 3. The minimum Gasteiger partial charge on any atom is -0.492 e. The van der Waals surface area contributed by atoms with Gasteiger partial charge in [-0.1, -0.05) is 11.6 Å². The largest absolute Gasteiger partial charge is 0.492 e. The molecule has 0 spiro atoms. The van der Waals surface area contributed by atoms with Crippen LogP contribution in [0, 0.1) is 17.6 Å². The molecule has 3 rings (SSSR count). The molecule has 136 valence electrons. The van der Waals surface area contributed by atoms with Crippen molar-refractivity contribution >= 4 is 29.2 Å². The zero-order valence-electron chi connectivity index (χ0n) is 13.4. The van der Waals surface area contributed by atoms with Crippen molar-refractivity contribution in [2.75, 3.05) is 18.5 Å². The predicted octanol–water partition coefficient (Wildman–Crippen LogP) is 3.35. The summed E-state index contributed by atoms with van der Waals surface area (Å²) in [7, 11) is 0. The monoisotopic (exact) mass is 381 g/mol. The van der Waals surface area contributed by atoms with E-state index in [1.54, 1.807) is 18.2 Å². The molecule has 1 N–H and O–H groups in total. The van der Waals surface area contributed by atoms with Gasteiger partial charge in [-0.25, -0.2) is 8.78 Å². The number of nitrogens with one attached hydrogen (secondary N) is 1. The molecule has 5 nitrogen and oxygen atoms in total. The Bertz CT molecular complexity index is 859. The van der Waals surface area contributed by atoms with Crippen LogP contribution in [-0.4, -0.2) is 25.1 Å². The average molecular weight is 382 g/mol. The smallest absolute Gasteiger partial charge is 0.313 e. The van der Waals surface area contributed by atoms with Gasteiger partial charge >= 0.3 is 5.97 Å². The Morgan fingerprint density at radius 2 is 2.00 bits per heavy atom. The lowest BCUT2D eigenvalue weighted by molar-refractivity contribution is -0.152. The molecule has 2 aromatic rings. The fourth-order valence-electron chi connectivity index (χ4n) is 2.54. The molecule has 0 saturated heterocycles. The van der Waals surface area contributed by atoms with E-state index in [0.29, 0.717) is 17.2 Å². The van der Waals surface area contributed by atoms with Gasteiger partial charge in [0.05, 0.1) is 5.92 Å². The number of ether oxygens (including phenoxy) is 2. The van der Waals surface area contributed by atoms with E-state index in [9.17, 15) is 18.4 Å². The first-order valence-corrected chi connectivity index (χ1v) is 8.13. The van der Waals surface area contributed by atoms with Gasteiger partial charge in [0, 0.05) is 16.8 Å². The fraction of sp³-hybridized carbons (Fsp3) is 0.222. The second-order valence-electron chi connectivity index (χ2n) is 5.75. The molecule has 1 atom stereocenters. The Morgan fingerprint density at radius 3 is 2.77 bits per heavy atom. The van der Waals surface area contributed by atoms with Crippen molar-refractivity contribution in [3.8, 4) is 5.75 Å². The van der Waals surface area contributed by atoms with E-state index in [0.717, 1.165) is 17.7 Å². The van der Waals surface area contributed by atoms with Gasteiger partial charge in [-0.15, -0.1) is 0 Å². The lowest BCUT2D eigenvalue weighted by Gasteiger charge is -2.24. The summed E-state index contributed by atoms with van der Waals surface area (Å²) in [5.41, 5.74) is 0.853. The van der Waals surface area contributed by atoms with Crippen LogP contribution in [0.1, 0.15) is 5.56 Å². The third kappa shape index (κ3) is 4.29. The molecule has 0 aromatic heterocycles. The fourth-order valence-corrected chi connectivity index (χ4v) is 2.73. The molecule has 0 bridgehead atoms. The lowest BCUT2D eigenvalue weighted by atomic mass is 9.97. The van der Waals surface area contributed by atoms with Crippen molar-refractivity contribution in [1.82, 2.24) is 0 Å². The van der Waals surface area contributed by atoms with Crippen molar-refractivity contribution in [3.63, 3.8) is 0 Å². The number of benzene rings is 2. The number of rotatable bonds is 4. The van der Waals surface area contributed by atoms with Crippen LogP contribution in [0.15, 0.2) is 36.4 Å². The summed E-state index contributed by atoms with van der Waals surface area (Å²) in [5.74, 6) is -3.25. The van der Waals surface area contributed by atoms with Gasteiger partial charge in [0.25, 0.3) is 5.91 Å². The van der Waals surface area contributed by atoms with Gasteiger partial charge in [-0.3, -0.25) is 9.59 Å². The minimum atomic E-state index is -1.09. The van der Waals surface area contributed by atoms with Crippen molar-refractivity contribution in [2.45, 2.75) is 6.42 Å². The summed E-state index contributed by atoms with van der Waals surface area (Å²) >= 11 is 5.93. The number of esters is 1. The molecule has 1 aliphatic rings. The maximum atomic E-state index is 13.1. The quantitative estimate of drug-likeness (QED) is 0.825. The standard InChI is InChI=1S/C18H14ClF2NO4/c19-12-1-4-16-10(6-12)5-11(8-25-16)18(24)26-9-17(23)22-13-2-3-14(20)15(21)7-13/h1-4,6-7,11H,5,8-9H2,(H,22,23). The Kier molecular flexibility index (Phi) is 5.37. The summed E-state index contributed by atoms with van der Waals surface area (Å²) in [4.78, 5) is 23.9. The molecule has 2 aromatic carbocycles. The zero-order chi connectivity index (χ0) is 18.7. The second kappa shape index (κ2) is 7.70. The first-order chi connectivity index (χ1) is 12.4. The van der Waals surface area contributed by atoms with Crippen molar-refractivity contribution in [2.24, 2.45) is 5.92 Å². The van der Waals surface area contributed by atoms with Gasteiger partial charge in [-0.2, -0.15) is 0 Å². The first-order valence-electron chi connectivity index (χ1n) is 7.75. The van der Waals surface area contributed by atoms with E-state index in [2.05, 4.69) is 5.32 Å². The highest BCUT2D eigenvalue weighted by Gasteiger charge is 2.28. The molecule has 1 amide bonds. The topological polar surface area (TPSA) is 64.6 Å². The Morgan fingerprint density at radius 1 is 1.19 bits per heavy atom. The minimum absolute atomic E-state index is 0.0644. The third-order valence-electron chi connectivity index (χ3n) is 3.81. The van der Waals surface area contributed by atoms with Crippen LogP contribution in [0.4, 0.5) is 14.5 Å². The van der Waals surface area contributed by atoms with Crippen LogP contribution >= 0.6 is 11.6 Å². The van der Waals surface area contributed by atoms with Crippen LogP contribution < -0.4 is 10.1 Å². The van der Waals surface area contributed by atoms with E-state index in [1.165, 1.54) is 6.07 Å².